The van der Waals surface area contributed by atoms with Crippen molar-refractivity contribution in [1.82, 2.24) is 10.6 Å². The molecule has 1 aromatic heterocycles. The molecule has 0 spiro atoms. The van der Waals surface area contributed by atoms with Crippen LogP contribution in [0.3, 0.4) is 0 Å². The molecule has 0 saturated heterocycles. The normalized spacial score (nSPS) is 10.1. The van der Waals surface area contributed by atoms with Crippen molar-refractivity contribution in [3.63, 3.8) is 0 Å². The first-order chi connectivity index (χ1) is 12.3. The van der Waals surface area contributed by atoms with Crippen molar-refractivity contribution in [2.75, 3.05) is 13.2 Å². The maximum atomic E-state index is 12.0. The van der Waals surface area contributed by atoms with Crippen LogP contribution in [0.1, 0.15) is 31.2 Å². The number of hydrogen-bond donors (Lipinski definition) is 2. The van der Waals surface area contributed by atoms with Gasteiger partial charge in [-0.1, -0.05) is 23.3 Å². The van der Waals surface area contributed by atoms with Gasteiger partial charge in [0.2, 0.25) is 0 Å². The molecule has 3 amide bonds. The van der Waals surface area contributed by atoms with Gasteiger partial charge in [0.1, 0.15) is 6.54 Å². The lowest BCUT2D eigenvalue weighted by molar-refractivity contribution is -0.147. The first-order valence-corrected chi connectivity index (χ1v) is 8.63. The molecule has 8 heteroatoms. The van der Waals surface area contributed by atoms with Gasteiger partial charge in [0, 0.05) is 5.56 Å². The molecule has 0 saturated carbocycles. The number of rotatable bonds is 6. The number of nitrogens with one attached hydrogen (secondary N) is 2. The summed E-state index contributed by atoms with van der Waals surface area (Å²) in [5.74, 6) is -2.48. The maximum absolute atomic E-state index is 12.0. The molecule has 0 bridgehead atoms. The smallest absolute Gasteiger partial charge is 0.325 e. The predicted molar refractivity (Wildman–Crippen MR) is 96.0 cm³/mol. The molecule has 1 heterocycles. The van der Waals surface area contributed by atoms with Crippen molar-refractivity contribution in [3.05, 3.63) is 57.3 Å². The number of benzene rings is 1. The Morgan fingerprint density at radius 3 is 2.35 bits per heavy atom. The molecule has 2 N–H and O–H groups in total. The highest BCUT2D eigenvalue weighted by Gasteiger charge is 2.14. The van der Waals surface area contributed by atoms with Crippen LogP contribution in [0.4, 0.5) is 0 Å². The molecule has 7 nitrogen and oxygen atoms in total. The molecule has 0 fully saturated rings. The van der Waals surface area contributed by atoms with Crippen LogP contribution in [-0.4, -0.2) is 36.8 Å². The Morgan fingerprint density at radius 2 is 1.73 bits per heavy atom. The van der Waals surface area contributed by atoms with E-state index in [-0.39, 0.29) is 6.54 Å². The molecule has 26 heavy (non-hydrogen) atoms. The summed E-state index contributed by atoms with van der Waals surface area (Å²) >= 11 is 1.19. The Morgan fingerprint density at radius 1 is 1.04 bits per heavy atom. The van der Waals surface area contributed by atoms with E-state index in [9.17, 15) is 19.2 Å². The van der Waals surface area contributed by atoms with E-state index in [1.807, 2.05) is 19.9 Å². The lowest BCUT2D eigenvalue weighted by Crippen LogP contribution is -2.36. The minimum Gasteiger partial charge on any atom is -0.454 e. The Labute approximate surface area is 154 Å². The lowest BCUT2D eigenvalue weighted by atomic mass is 10.1. The lowest BCUT2D eigenvalue weighted by Gasteiger charge is -2.08. The number of amides is 3. The minimum absolute atomic E-state index is 0.377. The molecule has 0 aliphatic heterocycles. The van der Waals surface area contributed by atoms with Crippen molar-refractivity contribution in [2.24, 2.45) is 0 Å². The van der Waals surface area contributed by atoms with E-state index in [1.54, 1.807) is 29.6 Å². The number of esters is 1. The minimum atomic E-state index is -0.776. The molecule has 0 radical (unpaired) electrons. The summed E-state index contributed by atoms with van der Waals surface area (Å²) in [6, 6.07) is 8.60. The average Bonchev–Trinajstić information content (AvgIpc) is 3.11. The second-order valence-electron chi connectivity index (χ2n) is 5.57. The van der Waals surface area contributed by atoms with Crippen LogP contribution >= 0.6 is 11.3 Å². The standard InChI is InChI=1S/C18H18N2O5S/c1-11-6-12(2)8-13(7-11)17(23)19-9-16(22)25-10-15(21)20-18(24)14-4-3-5-26-14/h3-8H,9-10H2,1-2H3,(H,19,23)(H,20,21,24). The summed E-state index contributed by atoms with van der Waals surface area (Å²) in [5.41, 5.74) is 2.31. The van der Waals surface area contributed by atoms with Crippen LogP contribution in [0.25, 0.3) is 0 Å². The van der Waals surface area contributed by atoms with Crippen LogP contribution in [0.15, 0.2) is 35.7 Å². The molecule has 2 rings (SSSR count). The Hall–Kier alpha value is -3.00. The third-order valence-electron chi connectivity index (χ3n) is 3.24. The zero-order valence-electron chi connectivity index (χ0n) is 14.3. The SMILES string of the molecule is Cc1cc(C)cc(C(=O)NCC(=O)OCC(=O)NC(=O)c2cccs2)c1. The molecule has 0 aliphatic carbocycles. The Balaban J connectivity index is 1.73. The van der Waals surface area contributed by atoms with Gasteiger partial charge in [-0.05, 0) is 37.4 Å². The van der Waals surface area contributed by atoms with E-state index >= 15 is 0 Å². The average molecular weight is 374 g/mol. The molecule has 136 valence electrons. The summed E-state index contributed by atoms with van der Waals surface area (Å²) in [6.45, 7) is 2.76. The van der Waals surface area contributed by atoms with Gasteiger partial charge in [-0.15, -0.1) is 11.3 Å². The largest absolute Gasteiger partial charge is 0.454 e. The van der Waals surface area contributed by atoms with Crippen LogP contribution in [0, 0.1) is 13.8 Å². The first kappa shape index (κ1) is 19.3. The number of carbonyl (C=O) groups is 4. The molecule has 2 aromatic rings. The zero-order valence-corrected chi connectivity index (χ0v) is 15.1. The van der Waals surface area contributed by atoms with Gasteiger partial charge in [-0.25, -0.2) is 0 Å². The van der Waals surface area contributed by atoms with E-state index in [4.69, 9.17) is 4.74 Å². The van der Waals surface area contributed by atoms with Crippen molar-refractivity contribution < 1.29 is 23.9 Å². The molecule has 0 aliphatic rings. The Bertz CT molecular complexity index is 810. The predicted octanol–water partition coefficient (Wildman–Crippen LogP) is 1.59. The maximum Gasteiger partial charge on any atom is 0.325 e. The fourth-order valence-corrected chi connectivity index (χ4v) is 2.81. The van der Waals surface area contributed by atoms with Crippen molar-refractivity contribution >= 4 is 35.0 Å². The highest BCUT2D eigenvalue weighted by molar-refractivity contribution is 7.12. The number of imide groups is 1. The van der Waals surface area contributed by atoms with Crippen molar-refractivity contribution in [3.8, 4) is 0 Å². The first-order valence-electron chi connectivity index (χ1n) is 7.75. The number of aryl methyl sites for hydroxylation is 2. The summed E-state index contributed by atoms with van der Waals surface area (Å²) in [5, 5.41) is 6.24. The summed E-state index contributed by atoms with van der Waals surface area (Å²) in [7, 11) is 0. The fourth-order valence-electron chi connectivity index (χ4n) is 2.19. The van der Waals surface area contributed by atoms with Gasteiger partial charge in [-0.2, -0.15) is 0 Å². The van der Waals surface area contributed by atoms with Crippen molar-refractivity contribution in [2.45, 2.75) is 13.8 Å². The van der Waals surface area contributed by atoms with Crippen molar-refractivity contribution in [1.29, 1.82) is 0 Å². The third kappa shape index (κ3) is 5.82. The van der Waals surface area contributed by atoms with E-state index in [0.717, 1.165) is 11.1 Å². The summed E-state index contributed by atoms with van der Waals surface area (Å²) in [4.78, 5) is 47.3. The van der Waals surface area contributed by atoms with E-state index in [2.05, 4.69) is 10.6 Å². The van der Waals surface area contributed by atoms with Gasteiger partial charge in [0.25, 0.3) is 17.7 Å². The van der Waals surface area contributed by atoms with E-state index in [0.29, 0.717) is 10.4 Å². The van der Waals surface area contributed by atoms with Crippen LogP contribution < -0.4 is 10.6 Å². The van der Waals surface area contributed by atoms with Crippen LogP contribution in [-0.2, 0) is 14.3 Å². The number of ether oxygens (including phenoxy) is 1. The third-order valence-corrected chi connectivity index (χ3v) is 4.11. The molecule has 0 unspecified atom stereocenters. The van der Waals surface area contributed by atoms with E-state index < -0.39 is 30.3 Å². The zero-order chi connectivity index (χ0) is 19.1. The molecule has 1 aromatic carbocycles. The monoisotopic (exact) mass is 374 g/mol. The van der Waals surface area contributed by atoms with Gasteiger partial charge in [0.15, 0.2) is 6.61 Å². The number of hydrogen-bond acceptors (Lipinski definition) is 6. The number of thiophene rings is 1. The van der Waals surface area contributed by atoms with E-state index in [1.165, 1.54) is 11.3 Å². The number of carbonyl (C=O) groups excluding carboxylic acids is 4. The van der Waals surface area contributed by atoms with Crippen LogP contribution in [0.5, 0.6) is 0 Å². The van der Waals surface area contributed by atoms with Gasteiger partial charge < -0.3 is 10.1 Å². The molecular formula is C18H18N2O5S. The van der Waals surface area contributed by atoms with Gasteiger partial charge >= 0.3 is 5.97 Å². The fraction of sp³-hybridized carbons (Fsp3) is 0.222. The highest BCUT2D eigenvalue weighted by Crippen LogP contribution is 2.09. The molecule has 0 atom stereocenters. The topological polar surface area (TPSA) is 102 Å². The van der Waals surface area contributed by atoms with Gasteiger partial charge in [0.05, 0.1) is 4.88 Å². The quantitative estimate of drug-likeness (QED) is 0.748. The second-order valence-corrected chi connectivity index (χ2v) is 6.52. The second kappa shape index (κ2) is 8.91. The highest BCUT2D eigenvalue weighted by atomic mass is 32.1. The summed E-state index contributed by atoms with van der Waals surface area (Å²) in [6.07, 6.45) is 0. The van der Waals surface area contributed by atoms with Gasteiger partial charge in [-0.3, -0.25) is 24.5 Å². The Kier molecular flexibility index (Phi) is 6.62. The van der Waals surface area contributed by atoms with Crippen LogP contribution in [0.2, 0.25) is 0 Å². The molecular weight excluding hydrogens is 356 g/mol. The summed E-state index contributed by atoms with van der Waals surface area (Å²) < 4.78 is 4.74.